The minimum absolute atomic E-state index is 0.212. The number of hydrogen-bond acceptors (Lipinski definition) is 4. The van der Waals surface area contributed by atoms with Crippen molar-refractivity contribution in [2.24, 2.45) is 0 Å². The highest BCUT2D eigenvalue weighted by Gasteiger charge is 2.11. The van der Waals surface area contributed by atoms with Gasteiger partial charge in [0.25, 0.3) is 0 Å². The summed E-state index contributed by atoms with van der Waals surface area (Å²) < 4.78 is 10.2. The van der Waals surface area contributed by atoms with E-state index in [0.29, 0.717) is 45.1 Å². The van der Waals surface area contributed by atoms with E-state index in [2.05, 4.69) is 10.1 Å². The molecule has 1 amide bonds. The number of esters is 1. The fourth-order valence-electron chi connectivity index (χ4n) is 2.09. The third-order valence-corrected chi connectivity index (χ3v) is 4.22. The molecule has 2 rings (SSSR count). The average molecular weight is 417 g/mol. The van der Waals surface area contributed by atoms with Crippen LogP contribution in [0.1, 0.15) is 23.2 Å². The normalized spacial score (nSPS) is 10.3. The molecule has 0 saturated heterocycles. The van der Waals surface area contributed by atoms with E-state index in [1.807, 2.05) is 0 Å². The Kier molecular flexibility index (Phi) is 7.57. The standard InChI is InChI=1S/C18H16Cl3NO4/c1-25-18(24)11-4-6-13(20)15(9-11)22-17(23)3-2-8-26-16-7-5-12(19)10-14(16)21/h4-7,9-10H,2-3,8H2,1H3,(H,22,23). The van der Waals surface area contributed by atoms with E-state index < -0.39 is 5.97 Å². The Morgan fingerprint density at radius 3 is 2.50 bits per heavy atom. The number of rotatable bonds is 7. The minimum atomic E-state index is -0.509. The predicted molar refractivity (Wildman–Crippen MR) is 103 cm³/mol. The molecule has 0 bridgehead atoms. The fraction of sp³-hybridized carbons (Fsp3) is 0.222. The van der Waals surface area contributed by atoms with Crippen LogP contribution in [0, 0.1) is 0 Å². The highest BCUT2D eigenvalue weighted by atomic mass is 35.5. The van der Waals surface area contributed by atoms with Crippen LogP contribution in [-0.4, -0.2) is 25.6 Å². The summed E-state index contributed by atoms with van der Waals surface area (Å²) in [6.07, 6.45) is 0.684. The Bertz CT molecular complexity index is 811. The number of carbonyl (C=O) groups excluding carboxylic acids is 2. The second-order valence-electron chi connectivity index (χ2n) is 5.26. The number of ether oxygens (including phenoxy) is 2. The summed E-state index contributed by atoms with van der Waals surface area (Å²) in [5.41, 5.74) is 0.647. The molecule has 138 valence electrons. The maximum Gasteiger partial charge on any atom is 0.337 e. The lowest BCUT2D eigenvalue weighted by Crippen LogP contribution is -2.14. The van der Waals surface area contributed by atoms with Crippen LogP contribution in [0.2, 0.25) is 15.1 Å². The zero-order valence-corrected chi connectivity index (χ0v) is 16.1. The molecular weight excluding hydrogens is 401 g/mol. The smallest absolute Gasteiger partial charge is 0.337 e. The molecule has 2 aromatic rings. The monoisotopic (exact) mass is 415 g/mol. The molecule has 2 aromatic carbocycles. The first-order valence-electron chi connectivity index (χ1n) is 7.66. The van der Waals surface area contributed by atoms with Crippen LogP contribution in [0.4, 0.5) is 5.69 Å². The molecule has 0 heterocycles. The van der Waals surface area contributed by atoms with Gasteiger partial charge in [-0.1, -0.05) is 34.8 Å². The number of benzene rings is 2. The lowest BCUT2D eigenvalue weighted by atomic mass is 10.2. The van der Waals surface area contributed by atoms with Crippen LogP contribution in [0.3, 0.4) is 0 Å². The third-order valence-electron chi connectivity index (χ3n) is 3.36. The van der Waals surface area contributed by atoms with Crippen molar-refractivity contribution in [3.05, 3.63) is 57.0 Å². The molecule has 8 heteroatoms. The van der Waals surface area contributed by atoms with E-state index >= 15 is 0 Å². The first-order valence-corrected chi connectivity index (χ1v) is 8.79. The van der Waals surface area contributed by atoms with Gasteiger partial charge < -0.3 is 14.8 Å². The summed E-state index contributed by atoms with van der Waals surface area (Å²) in [6.45, 7) is 0.310. The van der Waals surface area contributed by atoms with Crippen molar-refractivity contribution in [3.8, 4) is 5.75 Å². The average Bonchev–Trinajstić information content (AvgIpc) is 2.61. The maximum atomic E-state index is 12.1. The molecule has 0 aliphatic heterocycles. The maximum absolute atomic E-state index is 12.1. The first-order chi connectivity index (χ1) is 12.4. The zero-order chi connectivity index (χ0) is 19.1. The molecule has 0 aromatic heterocycles. The summed E-state index contributed by atoms with van der Waals surface area (Å²) >= 11 is 17.9. The van der Waals surface area contributed by atoms with Crippen molar-refractivity contribution in [2.75, 3.05) is 19.0 Å². The van der Waals surface area contributed by atoms with Crippen molar-refractivity contribution < 1.29 is 19.1 Å². The number of nitrogens with one attached hydrogen (secondary N) is 1. The Balaban J connectivity index is 1.84. The number of halogens is 3. The lowest BCUT2D eigenvalue weighted by molar-refractivity contribution is -0.116. The topological polar surface area (TPSA) is 64.6 Å². The van der Waals surface area contributed by atoms with Crippen LogP contribution < -0.4 is 10.1 Å². The van der Waals surface area contributed by atoms with Gasteiger partial charge in [-0.25, -0.2) is 4.79 Å². The number of amides is 1. The van der Waals surface area contributed by atoms with E-state index in [1.165, 1.54) is 25.3 Å². The highest BCUT2D eigenvalue weighted by molar-refractivity contribution is 6.35. The molecule has 0 unspecified atom stereocenters. The second-order valence-corrected chi connectivity index (χ2v) is 6.51. The second kappa shape index (κ2) is 9.67. The van der Waals surface area contributed by atoms with Gasteiger partial charge in [-0.2, -0.15) is 0 Å². The van der Waals surface area contributed by atoms with E-state index in [0.717, 1.165) is 0 Å². The number of methoxy groups -OCH3 is 1. The predicted octanol–water partition coefficient (Wildman–Crippen LogP) is 5.23. The van der Waals surface area contributed by atoms with Gasteiger partial charge in [0.1, 0.15) is 5.75 Å². The summed E-state index contributed by atoms with van der Waals surface area (Å²) in [7, 11) is 1.28. The first kappa shape index (κ1) is 20.4. The van der Waals surface area contributed by atoms with Gasteiger partial charge in [0.2, 0.25) is 5.91 Å². The van der Waals surface area contributed by atoms with E-state index in [1.54, 1.807) is 18.2 Å². The molecule has 0 atom stereocenters. The highest BCUT2D eigenvalue weighted by Crippen LogP contribution is 2.27. The van der Waals surface area contributed by atoms with Gasteiger partial charge in [-0.3, -0.25) is 4.79 Å². The molecule has 1 N–H and O–H groups in total. The van der Waals surface area contributed by atoms with Gasteiger partial charge in [-0.05, 0) is 42.8 Å². The molecular formula is C18H16Cl3NO4. The quantitative estimate of drug-likeness (QED) is 0.496. The molecule has 26 heavy (non-hydrogen) atoms. The van der Waals surface area contributed by atoms with Gasteiger partial charge >= 0.3 is 5.97 Å². The van der Waals surface area contributed by atoms with E-state index in [4.69, 9.17) is 39.5 Å². The number of hydrogen-bond donors (Lipinski definition) is 1. The minimum Gasteiger partial charge on any atom is -0.492 e. The SMILES string of the molecule is COC(=O)c1ccc(Cl)c(NC(=O)CCCOc2ccc(Cl)cc2Cl)c1. The van der Waals surface area contributed by atoms with Crippen molar-refractivity contribution >= 4 is 52.4 Å². The van der Waals surface area contributed by atoms with Crippen molar-refractivity contribution in [2.45, 2.75) is 12.8 Å². The van der Waals surface area contributed by atoms with Crippen LogP contribution in [-0.2, 0) is 9.53 Å². The van der Waals surface area contributed by atoms with Crippen LogP contribution in [0.25, 0.3) is 0 Å². The van der Waals surface area contributed by atoms with Crippen LogP contribution in [0.15, 0.2) is 36.4 Å². The molecule has 0 aliphatic rings. The number of carbonyl (C=O) groups is 2. The van der Waals surface area contributed by atoms with Gasteiger partial charge in [0.15, 0.2) is 0 Å². The van der Waals surface area contributed by atoms with E-state index in [9.17, 15) is 9.59 Å². The molecule has 0 radical (unpaired) electrons. The third kappa shape index (κ3) is 5.80. The van der Waals surface area contributed by atoms with Crippen LogP contribution in [0.5, 0.6) is 5.75 Å². The van der Waals surface area contributed by atoms with Crippen molar-refractivity contribution in [1.82, 2.24) is 0 Å². The Hall–Kier alpha value is -1.95. The lowest BCUT2D eigenvalue weighted by Gasteiger charge is -2.10. The largest absolute Gasteiger partial charge is 0.492 e. The molecule has 0 saturated carbocycles. The molecule has 0 spiro atoms. The summed E-state index contributed by atoms with van der Waals surface area (Å²) in [4.78, 5) is 23.6. The van der Waals surface area contributed by atoms with E-state index in [-0.39, 0.29) is 12.3 Å². The van der Waals surface area contributed by atoms with Gasteiger partial charge in [-0.15, -0.1) is 0 Å². The summed E-state index contributed by atoms with van der Waals surface area (Å²) in [5.74, 6) is -0.254. The zero-order valence-electron chi connectivity index (χ0n) is 13.9. The molecule has 0 fully saturated rings. The van der Waals surface area contributed by atoms with Gasteiger partial charge in [0.05, 0.1) is 35.0 Å². The summed E-state index contributed by atoms with van der Waals surface area (Å²) in [6, 6.07) is 9.44. The summed E-state index contributed by atoms with van der Waals surface area (Å²) in [5, 5.41) is 3.93. The Labute approximate surface area is 166 Å². The molecule has 5 nitrogen and oxygen atoms in total. The van der Waals surface area contributed by atoms with Crippen LogP contribution >= 0.6 is 34.8 Å². The van der Waals surface area contributed by atoms with Gasteiger partial charge in [0, 0.05) is 11.4 Å². The number of anilines is 1. The Morgan fingerprint density at radius 1 is 1.04 bits per heavy atom. The van der Waals surface area contributed by atoms with Crippen molar-refractivity contribution in [1.29, 1.82) is 0 Å². The van der Waals surface area contributed by atoms with Crippen molar-refractivity contribution in [3.63, 3.8) is 0 Å². The molecule has 0 aliphatic carbocycles. The fourth-order valence-corrected chi connectivity index (χ4v) is 2.71. The Morgan fingerprint density at radius 2 is 1.81 bits per heavy atom.